The van der Waals surface area contributed by atoms with Crippen molar-refractivity contribution in [2.45, 2.75) is 19.4 Å². The van der Waals surface area contributed by atoms with Crippen molar-refractivity contribution >= 4 is 34.8 Å². The van der Waals surface area contributed by atoms with Crippen LogP contribution in [0.3, 0.4) is 0 Å². The van der Waals surface area contributed by atoms with Crippen molar-refractivity contribution in [3.63, 3.8) is 0 Å². The summed E-state index contributed by atoms with van der Waals surface area (Å²) in [6.07, 6.45) is -0.984. The number of hydrogen-bond donors (Lipinski definition) is 0. The quantitative estimate of drug-likeness (QED) is 0.571. The number of halogens is 2. The molecule has 0 heterocycles. The summed E-state index contributed by atoms with van der Waals surface area (Å²) in [6.45, 7) is 1.59. The molecular formula is C17H14Cl2O3. The molecule has 5 heteroatoms. The largest absolute Gasteiger partial charge is 0.481 e. The lowest BCUT2D eigenvalue weighted by molar-refractivity contribution is -0.124. The van der Waals surface area contributed by atoms with Gasteiger partial charge in [-0.3, -0.25) is 9.59 Å². The van der Waals surface area contributed by atoms with Gasteiger partial charge in [-0.2, -0.15) is 0 Å². The fraction of sp³-hybridized carbons (Fsp3) is 0.176. The number of hydrogen-bond acceptors (Lipinski definition) is 3. The summed E-state index contributed by atoms with van der Waals surface area (Å²) in [4.78, 5) is 24.1. The Labute approximate surface area is 138 Å². The predicted molar refractivity (Wildman–Crippen MR) is 86.9 cm³/mol. The summed E-state index contributed by atoms with van der Waals surface area (Å²) in [5.74, 6) is -0.179. The van der Waals surface area contributed by atoms with Crippen molar-refractivity contribution in [2.75, 3.05) is 0 Å². The topological polar surface area (TPSA) is 43.4 Å². The average Bonchev–Trinajstić information content (AvgIpc) is 2.50. The van der Waals surface area contributed by atoms with Crippen molar-refractivity contribution in [3.8, 4) is 5.75 Å². The smallest absolute Gasteiger partial charge is 0.180 e. The first-order valence-corrected chi connectivity index (χ1v) is 7.45. The molecule has 3 nitrogen and oxygen atoms in total. The van der Waals surface area contributed by atoms with E-state index in [1.807, 2.05) is 6.07 Å². The molecule has 0 bridgehead atoms. The van der Waals surface area contributed by atoms with E-state index in [0.29, 0.717) is 21.4 Å². The van der Waals surface area contributed by atoms with Gasteiger partial charge in [0.05, 0.1) is 11.4 Å². The van der Waals surface area contributed by atoms with Gasteiger partial charge in [0.1, 0.15) is 5.75 Å². The minimum atomic E-state index is -0.772. The number of carbonyl (C=O) groups excluding carboxylic acids is 2. The van der Waals surface area contributed by atoms with E-state index in [4.69, 9.17) is 27.9 Å². The zero-order valence-corrected chi connectivity index (χ0v) is 13.4. The van der Waals surface area contributed by atoms with Gasteiger partial charge >= 0.3 is 0 Å². The van der Waals surface area contributed by atoms with Crippen LogP contribution < -0.4 is 4.74 Å². The highest BCUT2D eigenvalue weighted by molar-refractivity contribution is 6.35. The zero-order chi connectivity index (χ0) is 16.1. The van der Waals surface area contributed by atoms with Crippen LogP contribution in [0.1, 0.15) is 23.7 Å². The van der Waals surface area contributed by atoms with E-state index < -0.39 is 6.10 Å². The summed E-state index contributed by atoms with van der Waals surface area (Å²) in [5.41, 5.74) is 0.507. The second-order valence-electron chi connectivity index (χ2n) is 4.77. The maximum absolute atomic E-state index is 12.1. The molecule has 0 radical (unpaired) electrons. The van der Waals surface area contributed by atoms with Crippen molar-refractivity contribution in [1.82, 2.24) is 0 Å². The molecule has 114 valence electrons. The Bertz CT molecular complexity index is 684. The van der Waals surface area contributed by atoms with Gasteiger partial charge in [-0.1, -0.05) is 53.5 Å². The third-order valence-corrected chi connectivity index (χ3v) is 3.61. The Morgan fingerprint density at radius 1 is 1.09 bits per heavy atom. The highest BCUT2D eigenvalue weighted by atomic mass is 35.5. The normalized spacial score (nSPS) is 11.8. The van der Waals surface area contributed by atoms with Crippen LogP contribution in [0.4, 0.5) is 0 Å². The number of ether oxygens (including phenoxy) is 1. The number of benzene rings is 2. The number of carbonyl (C=O) groups is 2. The van der Waals surface area contributed by atoms with E-state index in [1.54, 1.807) is 43.3 Å². The molecule has 22 heavy (non-hydrogen) atoms. The molecule has 0 N–H and O–H groups in total. The van der Waals surface area contributed by atoms with Crippen molar-refractivity contribution < 1.29 is 14.3 Å². The maximum atomic E-state index is 12.1. The van der Waals surface area contributed by atoms with Gasteiger partial charge in [0, 0.05) is 10.6 Å². The predicted octanol–water partition coefficient (Wildman–Crippen LogP) is 4.60. The van der Waals surface area contributed by atoms with Crippen LogP contribution in [-0.2, 0) is 4.79 Å². The molecule has 1 atom stereocenters. The minimum absolute atomic E-state index is 0.212. The number of ketones is 2. The van der Waals surface area contributed by atoms with E-state index >= 15 is 0 Å². The molecule has 0 aromatic heterocycles. The number of rotatable bonds is 6. The molecule has 0 saturated heterocycles. The zero-order valence-electron chi connectivity index (χ0n) is 11.9. The molecule has 0 spiro atoms. The maximum Gasteiger partial charge on any atom is 0.180 e. The van der Waals surface area contributed by atoms with E-state index in [-0.39, 0.29) is 18.0 Å². The molecule has 0 fully saturated rings. The lowest BCUT2D eigenvalue weighted by Gasteiger charge is -2.14. The Balaban J connectivity index is 1.99. The third-order valence-electron chi connectivity index (χ3n) is 3.08. The Morgan fingerprint density at radius 3 is 2.41 bits per heavy atom. The van der Waals surface area contributed by atoms with E-state index in [0.717, 1.165) is 0 Å². The first-order valence-electron chi connectivity index (χ1n) is 6.70. The highest BCUT2D eigenvalue weighted by Crippen LogP contribution is 2.28. The van der Waals surface area contributed by atoms with Gasteiger partial charge in [0.15, 0.2) is 17.7 Å². The molecule has 0 aliphatic carbocycles. The van der Waals surface area contributed by atoms with Crippen molar-refractivity contribution in [3.05, 3.63) is 64.1 Å². The molecule has 2 aromatic rings. The first-order chi connectivity index (χ1) is 10.5. The van der Waals surface area contributed by atoms with Crippen LogP contribution in [0.25, 0.3) is 0 Å². The Hall–Kier alpha value is -1.84. The molecular weight excluding hydrogens is 323 g/mol. The van der Waals surface area contributed by atoms with Crippen LogP contribution in [0.2, 0.25) is 10.0 Å². The van der Waals surface area contributed by atoms with Crippen LogP contribution in [0.15, 0.2) is 48.5 Å². The van der Waals surface area contributed by atoms with Gasteiger partial charge in [0.25, 0.3) is 0 Å². The van der Waals surface area contributed by atoms with Gasteiger partial charge in [-0.25, -0.2) is 0 Å². The highest BCUT2D eigenvalue weighted by Gasteiger charge is 2.20. The fourth-order valence-electron chi connectivity index (χ4n) is 1.86. The molecule has 1 unspecified atom stereocenters. The number of Topliss-reactive ketones (excluding diaryl/α,β-unsaturated/α-hetero) is 2. The molecule has 0 aliphatic rings. The first kappa shape index (κ1) is 16.5. The van der Waals surface area contributed by atoms with E-state index in [9.17, 15) is 9.59 Å². The SMILES string of the molecule is CC(Oc1ccc(Cl)cc1Cl)C(=O)CC(=O)c1ccccc1. The van der Waals surface area contributed by atoms with Crippen molar-refractivity contribution in [1.29, 1.82) is 0 Å². The van der Waals surface area contributed by atoms with Gasteiger partial charge < -0.3 is 4.74 Å². The fourth-order valence-corrected chi connectivity index (χ4v) is 2.31. The third kappa shape index (κ3) is 4.33. The Morgan fingerprint density at radius 2 is 1.77 bits per heavy atom. The summed E-state index contributed by atoms with van der Waals surface area (Å²) in [6, 6.07) is 13.4. The van der Waals surface area contributed by atoms with Crippen LogP contribution in [0.5, 0.6) is 5.75 Å². The monoisotopic (exact) mass is 336 g/mol. The molecule has 2 rings (SSSR count). The molecule has 2 aromatic carbocycles. The second-order valence-corrected chi connectivity index (χ2v) is 5.61. The van der Waals surface area contributed by atoms with Crippen LogP contribution in [0, 0.1) is 0 Å². The van der Waals surface area contributed by atoms with E-state index in [2.05, 4.69) is 0 Å². The molecule has 0 amide bonds. The summed E-state index contributed by atoms with van der Waals surface area (Å²) >= 11 is 11.8. The standard InChI is InChI=1S/C17H14Cl2O3/c1-11(22-17-8-7-13(18)9-14(17)19)15(20)10-16(21)12-5-3-2-4-6-12/h2-9,11H,10H2,1H3. The van der Waals surface area contributed by atoms with Crippen molar-refractivity contribution in [2.24, 2.45) is 0 Å². The second kappa shape index (κ2) is 7.43. The lowest BCUT2D eigenvalue weighted by Crippen LogP contribution is -2.26. The minimum Gasteiger partial charge on any atom is -0.481 e. The van der Waals surface area contributed by atoms with Gasteiger partial charge in [-0.15, -0.1) is 0 Å². The summed E-state index contributed by atoms with van der Waals surface area (Å²) in [7, 11) is 0. The molecule has 0 saturated carbocycles. The van der Waals surface area contributed by atoms with Gasteiger partial charge in [-0.05, 0) is 25.1 Å². The van der Waals surface area contributed by atoms with Crippen LogP contribution in [-0.4, -0.2) is 17.7 Å². The average molecular weight is 337 g/mol. The molecule has 0 aliphatic heterocycles. The summed E-state index contributed by atoms with van der Waals surface area (Å²) < 4.78 is 5.51. The summed E-state index contributed by atoms with van der Waals surface area (Å²) in [5, 5.41) is 0.803. The lowest BCUT2D eigenvalue weighted by atomic mass is 10.0. The van der Waals surface area contributed by atoms with Gasteiger partial charge in [0.2, 0.25) is 0 Å². The van der Waals surface area contributed by atoms with E-state index in [1.165, 1.54) is 6.07 Å². The van der Waals surface area contributed by atoms with Crippen LogP contribution >= 0.6 is 23.2 Å². The Kier molecular flexibility index (Phi) is 5.58.